The van der Waals surface area contributed by atoms with Crippen molar-refractivity contribution in [2.75, 3.05) is 26.2 Å². The molecule has 4 rings (SSSR count). The van der Waals surface area contributed by atoms with Crippen molar-refractivity contribution in [2.24, 2.45) is 11.8 Å². The molecule has 0 radical (unpaired) electrons. The first-order valence-corrected chi connectivity index (χ1v) is 8.97. The Balaban J connectivity index is 1.38. The number of rotatable bonds is 4. The molecule has 24 heavy (non-hydrogen) atoms. The van der Waals surface area contributed by atoms with Gasteiger partial charge < -0.3 is 14.3 Å². The molecule has 0 spiro atoms. The molecular weight excluding hydrogens is 308 g/mol. The summed E-state index contributed by atoms with van der Waals surface area (Å²) in [7, 11) is 0. The number of aromatic nitrogens is 2. The van der Waals surface area contributed by atoms with Crippen LogP contribution in [0.25, 0.3) is 0 Å². The number of hydrogen-bond donors (Lipinski definition) is 0. The zero-order valence-corrected chi connectivity index (χ0v) is 14.1. The monoisotopic (exact) mass is 332 g/mol. The molecule has 0 unspecified atom stereocenters. The van der Waals surface area contributed by atoms with Gasteiger partial charge in [0.2, 0.25) is 17.7 Å². The van der Waals surface area contributed by atoms with Crippen molar-refractivity contribution >= 4 is 11.8 Å². The lowest BCUT2D eigenvalue weighted by molar-refractivity contribution is -0.137. The van der Waals surface area contributed by atoms with Crippen molar-refractivity contribution in [1.82, 2.24) is 19.9 Å². The van der Waals surface area contributed by atoms with Crippen LogP contribution in [0, 0.1) is 18.8 Å². The van der Waals surface area contributed by atoms with Crippen molar-refractivity contribution in [2.45, 2.75) is 44.9 Å². The van der Waals surface area contributed by atoms with E-state index in [-0.39, 0.29) is 23.7 Å². The van der Waals surface area contributed by atoms with Crippen molar-refractivity contribution in [3.05, 3.63) is 11.7 Å². The second-order valence-electron chi connectivity index (χ2n) is 7.45. The number of nitrogens with zero attached hydrogens (tertiary/aromatic N) is 4. The highest BCUT2D eigenvalue weighted by Crippen LogP contribution is 2.33. The smallest absolute Gasteiger partial charge is 0.231 e. The number of piperidine rings is 1. The second-order valence-corrected chi connectivity index (χ2v) is 7.45. The molecular formula is C17H24N4O3. The van der Waals surface area contributed by atoms with Gasteiger partial charge in [0, 0.05) is 32.6 Å². The molecule has 3 fully saturated rings. The largest absolute Gasteiger partial charge is 0.342 e. The van der Waals surface area contributed by atoms with Crippen LogP contribution in [-0.4, -0.2) is 57.9 Å². The van der Waals surface area contributed by atoms with E-state index in [1.165, 1.54) is 12.8 Å². The van der Waals surface area contributed by atoms with Crippen LogP contribution in [0.4, 0.5) is 0 Å². The maximum Gasteiger partial charge on any atom is 0.231 e. The standard InChI is InChI=1S/C17H24N4O3/c1-11-18-16(24-19-11)13-3-2-6-20(9-13)17(23)14-7-15(22)21(10-14)8-12-4-5-12/h12-14H,2-10H2,1H3/t13-,14-/m1/s1. The van der Waals surface area contributed by atoms with Crippen LogP contribution in [-0.2, 0) is 9.59 Å². The fourth-order valence-electron chi connectivity index (χ4n) is 3.84. The topological polar surface area (TPSA) is 79.5 Å². The predicted octanol–water partition coefficient (Wildman–Crippen LogP) is 1.34. The molecule has 0 bridgehead atoms. The predicted molar refractivity (Wildman–Crippen MR) is 85.0 cm³/mol. The number of carbonyl (C=O) groups is 2. The normalized spacial score (nSPS) is 27.8. The van der Waals surface area contributed by atoms with Gasteiger partial charge in [-0.2, -0.15) is 4.98 Å². The van der Waals surface area contributed by atoms with E-state index >= 15 is 0 Å². The molecule has 2 atom stereocenters. The fourth-order valence-corrected chi connectivity index (χ4v) is 3.84. The molecule has 2 aliphatic heterocycles. The van der Waals surface area contributed by atoms with Gasteiger partial charge in [0.05, 0.1) is 11.8 Å². The summed E-state index contributed by atoms with van der Waals surface area (Å²) in [5, 5.41) is 3.85. The lowest BCUT2D eigenvalue weighted by Gasteiger charge is -2.32. The van der Waals surface area contributed by atoms with E-state index in [0.717, 1.165) is 25.9 Å². The SMILES string of the molecule is Cc1noc([C@@H]2CCCN(C(=O)[C@@H]3CC(=O)N(CC4CC4)C3)C2)n1. The molecule has 3 heterocycles. The van der Waals surface area contributed by atoms with Crippen LogP contribution >= 0.6 is 0 Å². The van der Waals surface area contributed by atoms with Gasteiger partial charge in [0.25, 0.3) is 0 Å². The Hall–Kier alpha value is -1.92. The van der Waals surface area contributed by atoms with Crippen LogP contribution in [0.2, 0.25) is 0 Å². The summed E-state index contributed by atoms with van der Waals surface area (Å²) in [5.41, 5.74) is 0. The lowest BCUT2D eigenvalue weighted by Crippen LogP contribution is -2.43. The minimum Gasteiger partial charge on any atom is -0.342 e. The fraction of sp³-hybridized carbons (Fsp3) is 0.765. The van der Waals surface area contributed by atoms with Crippen molar-refractivity contribution in [1.29, 1.82) is 0 Å². The average Bonchev–Trinajstić information content (AvgIpc) is 3.18. The van der Waals surface area contributed by atoms with Gasteiger partial charge in [-0.25, -0.2) is 0 Å². The Morgan fingerprint density at radius 2 is 2.12 bits per heavy atom. The number of likely N-dealkylation sites (tertiary alicyclic amines) is 2. The van der Waals surface area contributed by atoms with Gasteiger partial charge in [-0.1, -0.05) is 5.16 Å². The highest BCUT2D eigenvalue weighted by atomic mass is 16.5. The maximum absolute atomic E-state index is 12.9. The lowest BCUT2D eigenvalue weighted by atomic mass is 9.96. The Bertz CT molecular complexity index is 640. The molecule has 130 valence electrons. The first kappa shape index (κ1) is 15.6. The molecule has 7 nitrogen and oxygen atoms in total. The number of aryl methyl sites for hydroxylation is 1. The Kier molecular flexibility index (Phi) is 4.02. The van der Waals surface area contributed by atoms with Crippen LogP contribution < -0.4 is 0 Å². The summed E-state index contributed by atoms with van der Waals surface area (Å²) in [5.74, 6) is 2.11. The van der Waals surface area contributed by atoms with E-state index in [1.54, 1.807) is 6.92 Å². The minimum atomic E-state index is -0.181. The van der Waals surface area contributed by atoms with Gasteiger partial charge in [-0.05, 0) is 38.5 Å². The van der Waals surface area contributed by atoms with Crippen molar-refractivity contribution < 1.29 is 14.1 Å². The van der Waals surface area contributed by atoms with Crippen molar-refractivity contribution in [3.63, 3.8) is 0 Å². The second kappa shape index (κ2) is 6.18. The van der Waals surface area contributed by atoms with E-state index in [1.807, 2.05) is 9.80 Å². The third kappa shape index (κ3) is 3.16. The highest BCUT2D eigenvalue weighted by Gasteiger charge is 2.40. The molecule has 0 aromatic carbocycles. The van der Waals surface area contributed by atoms with Crippen LogP contribution in [0.5, 0.6) is 0 Å². The molecule has 1 aromatic rings. The van der Waals surface area contributed by atoms with E-state index in [4.69, 9.17) is 4.52 Å². The molecule has 1 aliphatic carbocycles. The van der Waals surface area contributed by atoms with Crippen LogP contribution in [0.15, 0.2) is 4.52 Å². The van der Waals surface area contributed by atoms with E-state index < -0.39 is 0 Å². The summed E-state index contributed by atoms with van der Waals surface area (Å²) in [6.07, 6.45) is 4.71. The molecule has 0 N–H and O–H groups in total. The number of hydrogen-bond acceptors (Lipinski definition) is 5. The van der Waals surface area contributed by atoms with E-state index in [2.05, 4.69) is 10.1 Å². The van der Waals surface area contributed by atoms with E-state index in [9.17, 15) is 9.59 Å². The Morgan fingerprint density at radius 3 is 2.83 bits per heavy atom. The quantitative estimate of drug-likeness (QED) is 0.831. The van der Waals surface area contributed by atoms with Crippen LogP contribution in [0.3, 0.4) is 0 Å². The van der Waals surface area contributed by atoms with Crippen LogP contribution in [0.1, 0.15) is 49.7 Å². The zero-order chi connectivity index (χ0) is 16.7. The van der Waals surface area contributed by atoms with Crippen molar-refractivity contribution in [3.8, 4) is 0 Å². The average molecular weight is 332 g/mol. The molecule has 3 aliphatic rings. The summed E-state index contributed by atoms with van der Waals surface area (Å²) in [6, 6.07) is 0. The summed E-state index contributed by atoms with van der Waals surface area (Å²) in [4.78, 5) is 33.1. The third-order valence-electron chi connectivity index (χ3n) is 5.36. The highest BCUT2D eigenvalue weighted by molar-refractivity contribution is 5.89. The molecule has 1 saturated carbocycles. The molecule has 7 heteroatoms. The molecule has 2 amide bonds. The van der Waals surface area contributed by atoms with Gasteiger partial charge in [0.15, 0.2) is 5.82 Å². The molecule has 1 aromatic heterocycles. The van der Waals surface area contributed by atoms with Gasteiger partial charge in [0.1, 0.15) is 0 Å². The third-order valence-corrected chi connectivity index (χ3v) is 5.36. The minimum absolute atomic E-state index is 0.114. The zero-order valence-electron chi connectivity index (χ0n) is 14.1. The summed E-state index contributed by atoms with van der Waals surface area (Å²) < 4.78 is 5.28. The number of carbonyl (C=O) groups excluding carboxylic acids is 2. The first-order valence-electron chi connectivity index (χ1n) is 8.97. The van der Waals surface area contributed by atoms with Gasteiger partial charge >= 0.3 is 0 Å². The Morgan fingerprint density at radius 1 is 1.29 bits per heavy atom. The number of amides is 2. The summed E-state index contributed by atoms with van der Waals surface area (Å²) in [6.45, 7) is 4.61. The summed E-state index contributed by atoms with van der Waals surface area (Å²) >= 11 is 0. The Labute approximate surface area is 141 Å². The maximum atomic E-state index is 12.9. The molecule has 2 saturated heterocycles. The first-order chi connectivity index (χ1) is 11.6. The van der Waals surface area contributed by atoms with Gasteiger partial charge in [-0.15, -0.1) is 0 Å². The van der Waals surface area contributed by atoms with E-state index in [0.29, 0.717) is 37.1 Å². The van der Waals surface area contributed by atoms with Gasteiger partial charge in [-0.3, -0.25) is 9.59 Å².